The Bertz CT molecular complexity index is 1310. The summed E-state index contributed by atoms with van der Waals surface area (Å²) >= 11 is 0. The number of nitrogens with one attached hydrogen (secondary N) is 2. The zero-order valence-electron chi connectivity index (χ0n) is 26.6. The third-order valence-electron chi connectivity index (χ3n) is 7.76. The van der Waals surface area contributed by atoms with E-state index in [9.17, 15) is 40.2 Å². The van der Waals surface area contributed by atoms with Crippen LogP contribution in [-0.4, -0.2) is 132 Å². The molecule has 3 aliphatic rings. The first-order valence-electron chi connectivity index (χ1n) is 14.8. The molecule has 0 aliphatic carbocycles. The second-order valence-electron chi connectivity index (χ2n) is 11.3. The lowest BCUT2D eigenvalue weighted by Crippen LogP contribution is -3.09. The molecule has 47 heavy (non-hydrogen) atoms. The van der Waals surface area contributed by atoms with E-state index in [1.54, 1.807) is 32.2 Å². The number of guanidine groups is 1. The van der Waals surface area contributed by atoms with Gasteiger partial charge in [0.25, 0.3) is 0 Å². The lowest BCUT2D eigenvalue weighted by atomic mass is 9.83. The first kappa shape index (κ1) is 37.8. The van der Waals surface area contributed by atoms with Crippen LogP contribution in [0.5, 0.6) is 0 Å². The summed E-state index contributed by atoms with van der Waals surface area (Å²) in [5.74, 6) is -6.68. The second-order valence-corrected chi connectivity index (χ2v) is 11.3. The van der Waals surface area contributed by atoms with Gasteiger partial charge in [-0.1, -0.05) is 18.2 Å². The number of esters is 1. The van der Waals surface area contributed by atoms with Crippen LogP contribution < -0.4 is 16.0 Å². The first-order valence-corrected chi connectivity index (χ1v) is 14.8. The molecule has 8 unspecified atom stereocenters. The van der Waals surface area contributed by atoms with Crippen LogP contribution in [0.1, 0.15) is 13.8 Å². The van der Waals surface area contributed by atoms with Crippen molar-refractivity contribution in [3.05, 3.63) is 59.7 Å². The Morgan fingerprint density at radius 1 is 1.30 bits per heavy atom. The van der Waals surface area contributed by atoms with Crippen LogP contribution in [-0.2, 0) is 33.3 Å². The predicted molar refractivity (Wildman–Crippen MR) is 163 cm³/mol. The van der Waals surface area contributed by atoms with E-state index in [-0.39, 0.29) is 42.5 Å². The van der Waals surface area contributed by atoms with Crippen molar-refractivity contribution >= 4 is 17.9 Å². The van der Waals surface area contributed by atoms with Crippen molar-refractivity contribution in [3.63, 3.8) is 0 Å². The average molecular weight is 670 g/mol. The van der Waals surface area contributed by atoms with Crippen molar-refractivity contribution in [2.45, 2.75) is 56.6 Å². The highest BCUT2D eigenvalue weighted by Gasteiger charge is 2.57. The highest BCUT2D eigenvalue weighted by atomic mass is 16.8. The Kier molecular flexibility index (Phi) is 13.2. The van der Waals surface area contributed by atoms with Crippen molar-refractivity contribution in [1.82, 2.24) is 5.32 Å². The topological polar surface area (TPSA) is 257 Å². The van der Waals surface area contributed by atoms with Gasteiger partial charge in [0.2, 0.25) is 12.1 Å². The molecule has 262 valence electrons. The molecule has 0 spiro atoms. The van der Waals surface area contributed by atoms with E-state index in [1.807, 2.05) is 0 Å². The summed E-state index contributed by atoms with van der Waals surface area (Å²) in [6, 6.07) is 0. The van der Waals surface area contributed by atoms with Gasteiger partial charge in [0.15, 0.2) is 18.4 Å². The van der Waals surface area contributed by atoms with E-state index in [0.29, 0.717) is 10.5 Å². The highest BCUT2D eigenvalue weighted by molar-refractivity contribution is 5.92. The number of carbonyl (C=O) groups excluding carboxylic acids is 1. The normalized spacial score (nSPS) is 31.2. The standard InChI is InChI=1S/C30H44N4O13/c1-6-17-18(8-7-16-11-34(9-10-35)12-19(25(38)39)22(16)33-29(31)32-4)20(26(40)43-5)14-44-27(17)47-28-24(45-15(2)3)30(41,42)23(37)21(13-36)46-28/h6-8,11,14-15,17-18,21,23-24,27-28,35-37,41-42H,1,9-10,12-13H2,2-5H3,(H,38,39)(H3,31,32,33)/p+1. The monoisotopic (exact) mass is 669 g/mol. The number of carboxylic acids is 1. The fraction of sp³-hybridized carbons (Fsp3) is 0.567. The molecule has 10 N–H and O–H groups in total. The minimum atomic E-state index is -2.90. The highest BCUT2D eigenvalue weighted by Crippen LogP contribution is 2.38. The van der Waals surface area contributed by atoms with Crippen LogP contribution in [0.25, 0.3) is 0 Å². The average Bonchev–Trinajstić information content (AvgIpc) is 3.03. The van der Waals surface area contributed by atoms with Gasteiger partial charge in [-0.25, -0.2) is 9.59 Å². The van der Waals surface area contributed by atoms with Gasteiger partial charge in [0, 0.05) is 13.0 Å². The Morgan fingerprint density at radius 2 is 2.00 bits per heavy atom. The van der Waals surface area contributed by atoms with Gasteiger partial charge in [0.1, 0.15) is 37.1 Å². The number of aliphatic hydroxyl groups is 5. The molecule has 3 rings (SSSR count). The van der Waals surface area contributed by atoms with Crippen LogP contribution in [0.15, 0.2) is 64.7 Å². The van der Waals surface area contributed by atoms with Gasteiger partial charge in [-0.2, -0.15) is 0 Å². The molecule has 0 aromatic heterocycles. The van der Waals surface area contributed by atoms with Crippen molar-refractivity contribution in [3.8, 4) is 0 Å². The largest absolute Gasteiger partial charge is 0.478 e. The summed E-state index contributed by atoms with van der Waals surface area (Å²) in [6.07, 6.45) is -1.20. The number of rotatable bonds is 13. The third-order valence-corrected chi connectivity index (χ3v) is 7.76. The molecular weight excluding hydrogens is 624 g/mol. The second kappa shape index (κ2) is 16.4. The molecule has 0 radical (unpaired) electrons. The maximum atomic E-state index is 12.9. The number of ether oxygens (including phenoxy) is 5. The first-order chi connectivity index (χ1) is 22.2. The van der Waals surface area contributed by atoms with Gasteiger partial charge in [0.05, 0.1) is 55.5 Å². The van der Waals surface area contributed by atoms with Crippen molar-refractivity contribution < 1.29 is 68.8 Å². The third kappa shape index (κ3) is 8.64. The summed E-state index contributed by atoms with van der Waals surface area (Å²) in [6.45, 7) is 6.33. The number of carboxylic acid groups (broad SMARTS) is 1. The minimum absolute atomic E-state index is 0.0258. The van der Waals surface area contributed by atoms with Crippen LogP contribution >= 0.6 is 0 Å². The molecule has 17 nitrogen and oxygen atoms in total. The Balaban J connectivity index is 2.06. The predicted octanol–water partition coefficient (Wildman–Crippen LogP) is -3.41. The number of hydrogen-bond donors (Lipinski definition) is 9. The molecule has 0 saturated carbocycles. The molecule has 1 saturated heterocycles. The van der Waals surface area contributed by atoms with E-state index in [2.05, 4.69) is 16.9 Å². The summed E-state index contributed by atoms with van der Waals surface area (Å²) in [4.78, 5) is 29.6. The Morgan fingerprint density at radius 3 is 2.55 bits per heavy atom. The van der Waals surface area contributed by atoms with Gasteiger partial charge in [-0.05, 0) is 13.8 Å². The number of nitrogens with two attached hydrogens (primary N) is 1. The molecular formula is C30H45N4O13+. The number of nitrogens with zero attached hydrogens (tertiary/aromatic N) is 1. The van der Waals surface area contributed by atoms with E-state index in [1.165, 1.54) is 20.2 Å². The number of aliphatic imine (C=N–C) groups is 1. The zero-order chi connectivity index (χ0) is 35.1. The molecule has 0 amide bonds. The van der Waals surface area contributed by atoms with Crippen molar-refractivity contribution in [2.75, 3.05) is 40.5 Å². The number of allylic oxidation sites excluding steroid dienone is 2. The summed E-state index contributed by atoms with van der Waals surface area (Å²) in [5.41, 5.74) is 6.40. The lowest BCUT2D eigenvalue weighted by Gasteiger charge is -2.48. The molecule has 17 heteroatoms. The Hall–Kier alpha value is -3.65. The number of aliphatic carboxylic acids is 1. The molecule has 0 aromatic rings. The van der Waals surface area contributed by atoms with Crippen LogP contribution in [0, 0.1) is 11.8 Å². The quantitative estimate of drug-likeness (QED) is 0.0304. The van der Waals surface area contributed by atoms with Gasteiger partial charge < -0.3 is 70.3 Å². The number of quaternary nitrogens is 1. The molecule has 3 heterocycles. The number of aliphatic hydroxyl groups excluding tert-OH is 3. The van der Waals surface area contributed by atoms with Crippen LogP contribution in [0.2, 0.25) is 0 Å². The van der Waals surface area contributed by atoms with Crippen molar-refractivity contribution in [2.24, 2.45) is 22.6 Å². The van der Waals surface area contributed by atoms with Crippen LogP contribution in [0.3, 0.4) is 0 Å². The molecule has 0 aromatic carbocycles. The fourth-order valence-electron chi connectivity index (χ4n) is 5.39. The van der Waals surface area contributed by atoms with E-state index < -0.39 is 73.2 Å². The van der Waals surface area contributed by atoms with Crippen molar-refractivity contribution in [1.29, 1.82) is 0 Å². The summed E-state index contributed by atoms with van der Waals surface area (Å²) in [5, 5.41) is 64.1. The number of methoxy groups -OCH3 is 1. The maximum absolute atomic E-state index is 12.9. The summed E-state index contributed by atoms with van der Waals surface area (Å²) in [7, 11) is 2.60. The Labute approximate surface area is 271 Å². The molecule has 1 fully saturated rings. The zero-order valence-corrected chi connectivity index (χ0v) is 26.6. The molecule has 0 bridgehead atoms. The maximum Gasteiger partial charge on any atom is 0.339 e. The van der Waals surface area contributed by atoms with E-state index in [0.717, 1.165) is 6.26 Å². The number of hydrogen-bond acceptors (Lipinski definition) is 13. The summed E-state index contributed by atoms with van der Waals surface area (Å²) < 4.78 is 28.1. The molecule has 3 aliphatic heterocycles. The van der Waals surface area contributed by atoms with E-state index in [4.69, 9.17) is 29.4 Å². The molecule has 8 atom stereocenters. The van der Waals surface area contributed by atoms with Gasteiger partial charge in [-0.15, -0.1) is 6.58 Å². The van der Waals surface area contributed by atoms with E-state index >= 15 is 0 Å². The smallest absolute Gasteiger partial charge is 0.339 e. The minimum Gasteiger partial charge on any atom is -0.478 e. The SMILES string of the molecule is C=CC1C(OC2OC(CO)C(O)C(O)(O)C2OC(C)C)OC=C(C(=O)OC)C1C=CC1=C[NH+](CCO)CC(C(=O)O)=C1NC(N)=NC. The lowest BCUT2D eigenvalue weighted by molar-refractivity contribution is -0.843. The van der Waals surface area contributed by atoms with Gasteiger partial charge >= 0.3 is 11.9 Å². The van der Waals surface area contributed by atoms with Crippen LogP contribution in [0.4, 0.5) is 0 Å². The number of carbonyl (C=O) groups is 2. The van der Waals surface area contributed by atoms with Gasteiger partial charge in [-0.3, -0.25) is 4.99 Å². The fourth-order valence-corrected chi connectivity index (χ4v) is 5.39.